The summed E-state index contributed by atoms with van der Waals surface area (Å²) in [6.45, 7) is 5.48. The highest BCUT2D eigenvalue weighted by Gasteiger charge is 2.13. The van der Waals surface area contributed by atoms with Gasteiger partial charge in [0.15, 0.2) is 5.96 Å². The van der Waals surface area contributed by atoms with Gasteiger partial charge in [0.25, 0.3) is 0 Å². The first kappa shape index (κ1) is 20.1. The molecule has 5 heteroatoms. The van der Waals surface area contributed by atoms with Gasteiger partial charge in [-0.05, 0) is 30.4 Å². The van der Waals surface area contributed by atoms with Crippen LogP contribution in [0.15, 0.2) is 29.3 Å². The molecule has 0 heterocycles. The van der Waals surface area contributed by atoms with Gasteiger partial charge < -0.3 is 15.8 Å². The number of rotatable bonds is 6. The lowest BCUT2D eigenvalue weighted by Crippen LogP contribution is -2.41. The summed E-state index contributed by atoms with van der Waals surface area (Å²) in [5.74, 6) is 1.96. The SMILES string of the molecule is CC(C)c1ccccc1OCCN=C(N)NC1CCCCC1.I. The minimum absolute atomic E-state index is 0. The van der Waals surface area contributed by atoms with Gasteiger partial charge in [-0.25, -0.2) is 4.99 Å². The van der Waals surface area contributed by atoms with Crippen LogP contribution in [0.1, 0.15) is 57.4 Å². The first-order valence-electron chi connectivity index (χ1n) is 8.45. The highest BCUT2D eigenvalue weighted by molar-refractivity contribution is 14.0. The molecule has 1 aliphatic carbocycles. The molecule has 2 rings (SSSR count). The predicted molar refractivity (Wildman–Crippen MR) is 108 cm³/mol. The van der Waals surface area contributed by atoms with Crippen LogP contribution in [0, 0.1) is 0 Å². The molecule has 0 atom stereocenters. The summed E-state index contributed by atoms with van der Waals surface area (Å²) >= 11 is 0. The molecule has 0 saturated heterocycles. The second kappa shape index (κ2) is 10.7. The van der Waals surface area contributed by atoms with E-state index in [-0.39, 0.29) is 24.0 Å². The molecule has 3 N–H and O–H groups in total. The minimum Gasteiger partial charge on any atom is -0.491 e. The van der Waals surface area contributed by atoms with Crippen LogP contribution in [0.4, 0.5) is 0 Å². The van der Waals surface area contributed by atoms with Crippen molar-refractivity contribution in [3.05, 3.63) is 29.8 Å². The summed E-state index contributed by atoms with van der Waals surface area (Å²) < 4.78 is 5.85. The van der Waals surface area contributed by atoms with Crippen molar-refractivity contribution in [2.45, 2.75) is 57.9 Å². The van der Waals surface area contributed by atoms with E-state index in [9.17, 15) is 0 Å². The van der Waals surface area contributed by atoms with Crippen LogP contribution in [-0.4, -0.2) is 25.2 Å². The molecule has 0 aliphatic heterocycles. The van der Waals surface area contributed by atoms with E-state index >= 15 is 0 Å². The monoisotopic (exact) mass is 431 g/mol. The first-order chi connectivity index (χ1) is 10.7. The Bertz CT molecular complexity index is 485. The summed E-state index contributed by atoms with van der Waals surface area (Å²) in [5.41, 5.74) is 7.18. The number of para-hydroxylation sites is 1. The van der Waals surface area contributed by atoms with Gasteiger partial charge in [0.05, 0.1) is 6.54 Å². The summed E-state index contributed by atoms with van der Waals surface area (Å²) in [5, 5.41) is 3.32. The van der Waals surface area contributed by atoms with E-state index in [2.05, 4.69) is 30.2 Å². The normalized spacial score (nSPS) is 16.0. The number of hydrogen-bond donors (Lipinski definition) is 2. The minimum atomic E-state index is 0. The molecular weight excluding hydrogens is 401 g/mol. The van der Waals surface area contributed by atoms with Crippen molar-refractivity contribution in [1.82, 2.24) is 5.32 Å². The Morgan fingerprint density at radius 1 is 1.26 bits per heavy atom. The number of guanidine groups is 1. The molecule has 23 heavy (non-hydrogen) atoms. The van der Waals surface area contributed by atoms with Gasteiger partial charge in [0, 0.05) is 6.04 Å². The van der Waals surface area contributed by atoms with E-state index in [4.69, 9.17) is 10.5 Å². The zero-order valence-corrected chi connectivity index (χ0v) is 16.6. The van der Waals surface area contributed by atoms with Crippen molar-refractivity contribution < 1.29 is 4.74 Å². The number of halogens is 1. The quantitative estimate of drug-likeness (QED) is 0.309. The fourth-order valence-corrected chi connectivity index (χ4v) is 2.91. The molecule has 0 bridgehead atoms. The van der Waals surface area contributed by atoms with Gasteiger partial charge in [-0.2, -0.15) is 0 Å². The summed E-state index contributed by atoms with van der Waals surface area (Å²) in [7, 11) is 0. The second-order valence-electron chi connectivity index (χ2n) is 6.29. The van der Waals surface area contributed by atoms with E-state index in [0.717, 1.165) is 5.75 Å². The zero-order chi connectivity index (χ0) is 15.8. The predicted octanol–water partition coefficient (Wildman–Crippen LogP) is 4.04. The third-order valence-electron chi connectivity index (χ3n) is 4.13. The van der Waals surface area contributed by atoms with Crippen LogP contribution < -0.4 is 15.8 Å². The Morgan fingerprint density at radius 3 is 2.65 bits per heavy atom. The molecule has 0 unspecified atom stereocenters. The van der Waals surface area contributed by atoms with E-state index in [1.165, 1.54) is 37.7 Å². The molecule has 0 aromatic heterocycles. The van der Waals surface area contributed by atoms with Crippen molar-refractivity contribution in [3.8, 4) is 5.75 Å². The van der Waals surface area contributed by atoms with Gasteiger partial charge in [0.2, 0.25) is 0 Å². The Balaban J connectivity index is 0.00000264. The number of nitrogens with one attached hydrogen (secondary N) is 1. The topological polar surface area (TPSA) is 59.6 Å². The first-order valence-corrected chi connectivity index (χ1v) is 8.45. The van der Waals surface area contributed by atoms with Gasteiger partial charge in [0.1, 0.15) is 12.4 Å². The van der Waals surface area contributed by atoms with Crippen LogP contribution in [0.3, 0.4) is 0 Å². The molecule has 1 aromatic rings. The molecule has 0 radical (unpaired) electrons. The highest BCUT2D eigenvalue weighted by atomic mass is 127. The lowest BCUT2D eigenvalue weighted by atomic mass is 9.96. The fourth-order valence-electron chi connectivity index (χ4n) is 2.91. The van der Waals surface area contributed by atoms with Gasteiger partial charge in [-0.15, -0.1) is 24.0 Å². The van der Waals surface area contributed by atoms with Crippen LogP contribution in [-0.2, 0) is 0 Å². The van der Waals surface area contributed by atoms with Crippen molar-refractivity contribution in [1.29, 1.82) is 0 Å². The van der Waals surface area contributed by atoms with E-state index < -0.39 is 0 Å². The molecule has 130 valence electrons. The third kappa shape index (κ3) is 6.97. The number of hydrogen-bond acceptors (Lipinski definition) is 2. The molecule has 1 fully saturated rings. The standard InChI is InChI=1S/C18H29N3O.HI/c1-14(2)16-10-6-7-11-17(16)22-13-12-20-18(19)21-15-8-4-3-5-9-15;/h6-7,10-11,14-15H,3-5,8-9,12-13H2,1-2H3,(H3,19,20,21);1H. The third-order valence-corrected chi connectivity index (χ3v) is 4.13. The maximum atomic E-state index is 5.95. The smallest absolute Gasteiger partial charge is 0.188 e. The molecule has 0 spiro atoms. The largest absolute Gasteiger partial charge is 0.491 e. The average molecular weight is 431 g/mol. The second-order valence-corrected chi connectivity index (χ2v) is 6.29. The lowest BCUT2D eigenvalue weighted by molar-refractivity contribution is 0.323. The van der Waals surface area contributed by atoms with Gasteiger partial charge in [-0.1, -0.05) is 51.3 Å². The van der Waals surface area contributed by atoms with Crippen molar-refractivity contribution in [3.63, 3.8) is 0 Å². The Labute approximate surface area is 157 Å². The Hall–Kier alpha value is -0.980. The van der Waals surface area contributed by atoms with Crippen LogP contribution in [0.2, 0.25) is 0 Å². The maximum Gasteiger partial charge on any atom is 0.188 e. The number of benzene rings is 1. The highest BCUT2D eigenvalue weighted by Crippen LogP contribution is 2.25. The number of nitrogens with two attached hydrogens (primary N) is 1. The molecule has 1 saturated carbocycles. The molecule has 1 aromatic carbocycles. The van der Waals surface area contributed by atoms with Crippen molar-refractivity contribution in [2.75, 3.05) is 13.2 Å². The van der Waals surface area contributed by atoms with Gasteiger partial charge in [-0.3, -0.25) is 0 Å². The lowest BCUT2D eigenvalue weighted by Gasteiger charge is -2.23. The Kier molecular flexibility index (Phi) is 9.36. The zero-order valence-electron chi connectivity index (χ0n) is 14.3. The maximum absolute atomic E-state index is 5.95. The van der Waals surface area contributed by atoms with E-state index in [0.29, 0.717) is 31.1 Å². The van der Waals surface area contributed by atoms with E-state index in [1.54, 1.807) is 0 Å². The summed E-state index contributed by atoms with van der Waals surface area (Å²) in [4.78, 5) is 4.37. The van der Waals surface area contributed by atoms with E-state index in [1.807, 2.05) is 18.2 Å². The van der Waals surface area contributed by atoms with Crippen LogP contribution in [0.25, 0.3) is 0 Å². The summed E-state index contributed by atoms with van der Waals surface area (Å²) in [6.07, 6.45) is 6.33. The molecule has 1 aliphatic rings. The van der Waals surface area contributed by atoms with Crippen molar-refractivity contribution in [2.24, 2.45) is 10.7 Å². The number of ether oxygens (including phenoxy) is 1. The molecule has 0 amide bonds. The molecular formula is C18H30IN3O. The number of aliphatic imine (C=N–C) groups is 1. The Morgan fingerprint density at radius 2 is 1.96 bits per heavy atom. The van der Waals surface area contributed by atoms with Crippen LogP contribution >= 0.6 is 24.0 Å². The fraction of sp³-hybridized carbons (Fsp3) is 0.611. The number of nitrogens with zero attached hydrogens (tertiary/aromatic N) is 1. The summed E-state index contributed by atoms with van der Waals surface area (Å²) in [6, 6.07) is 8.68. The van der Waals surface area contributed by atoms with Crippen molar-refractivity contribution >= 4 is 29.9 Å². The van der Waals surface area contributed by atoms with Gasteiger partial charge >= 0.3 is 0 Å². The van der Waals surface area contributed by atoms with Crippen LogP contribution in [0.5, 0.6) is 5.75 Å². The molecule has 4 nitrogen and oxygen atoms in total. The average Bonchev–Trinajstić information content (AvgIpc) is 2.53.